The predicted molar refractivity (Wildman–Crippen MR) is 76.7 cm³/mol. The fourth-order valence-electron chi connectivity index (χ4n) is 2.06. The Hall–Kier alpha value is -1.88. The molecule has 0 aliphatic heterocycles. The van der Waals surface area contributed by atoms with Gasteiger partial charge in [0.2, 0.25) is 0 Å². The van der Waals surface area contributed by atoms with Crippen molar-refractivity contribution in [3.05, 3.63) is 41.2 Å². The molecule has 5 nitrogen and oxygen atoms in total. The molecule has 0 fully saturated rings. The van der Waals surface area contributed by atoms with Gasteiger partial charge < -0.3 is 9.84 Å². The minimum atomic E-state index is -0.538. The van der Waals surface area contributed by atoms with Gasteiger partial charge in [-0.15, -0.1) is 5.10 Å². The van der Waals surface area contributed by atoms with Crippen LogP contribution in [0.1, 0.15) is 36.3 Å². The SMILES string of the molecule is CCC(O)c1cn(CCOc2cc(C)cc(C)c2)nn1. The number of ether oxygens (including phenoxy) is 1. The van der Waals surface area contributed by atoms with E-state index in [-0.39, 0.29) is 0 Å². The van der Waals surface area contributed by atoms with Gasteiger partial charge >= 0.3 is 0 Å². The molecule has 0 spiro atoms. The van der Waals surface area contributed by atoms with E-state index in [4.69, 9.17) is 4.74 Å². The third-order valence-electron chi connectivity index (χ3n) is 3.07. The molecule has 108 valence electrons. The third kappa shape index (κ3) is 3.81. The molecule has 0 aliphatic carbocycles. The van der Waals surface area contributed by atoms with Crippen LogP contribution in [0.4, 0.5) is 0 Å². The van der Waals surface area contributed by atoms with Gasteiger partial charge in [-0.25, -0.2) is 4.68 Å². The van der Waals surface area contributed by atoms with Crippen LogP contribution in [0.2, 0.25) is 0 Å². The zero-order valence-corrected chi connectivity index (χ0v) is 12.2. The van der Waals surface area contributed by atoms with E-state index in [1.165, 1.54) is 11.1 Å². The van der Waals surface area contributed by atoms with Crippen LogP contribution in [0.3, 0.4) is 0 Å². The Morgan fingerprint density at radius 3 is 2.60 bits per heavy atom. The highest BCUT2D eigenvalue weighted by Crippen LogP contribution is 2.16. The van der Waals surface area contributed by atoms with Crippen LogP contribution in [-0.2, 0) is 6.54 Å². The summed E-state index contributed by atoms with van der Waals surface area (Å²) in [5.74, 6) is 0.872. The average molecular weight is 275 g/mol. The van der Waals surface area contributed by atoms with E-state index in [0.717, 1.165) is 5.75 Å². The average Bonchev–Trinajstić information content (AvgIpc) is 2.85. The lowest BCUT2D eigenvalue weighted by molar-refractivity contribution is 0.168. The van der Waals surface area contributed by atoms with E-state index < -0.39 is 6.10 Å². The van der Waals surface area contributed by atoms with Crippen molar-refractivity contribution < 1.29 is 9.84 Å². The third-order valence-corrected chi connectivity index (χ3v) is 3.07. The number of hydrogen-bond donors (Lipinski definition) is 1. The smallest absolute Gasteiger partial charge is 0.119 e. The first-order chi connectivity index (χ1) is 9.58. The van der Waals surface area contributed by atoms with Gasteiger partial charge in [-0.1, -0.05) is 18.2 Å². The maximum Gasteiger partial charge on any atom is 0.119 e. The summed E-state index contributed by atoms with van der Waals surface area (Å²) in [5, 5.41) is 17.6. The Labute approximate surface area is 119 Å². The molecule has 0 saturated carbocycles. The summed E-state index contributed by atoms with van der Waals surface area (Å²) in [5.41, 5.74) is 2.99. The largest absolute Gasteiger partial charge is 0.492 e. The van der Waals surface area contributed by atoms with Gasteiger partial charge in [0, 0.05) is 0 Å². The highest BCUT2D eigenvalue weighted by Gasteiger charge is 2.09. The molecule has 0 aliphatic rings. The molecule has 5 heteroatoms. The van der Waals surface area contributed by atoms with Crippen molar-refractivity contribution in [1.82, 2.24) is 15.0 Å². The predicted octanol–water partition coefficient (Wildman–Crippen LogP) is 2.42. The van der Waals surface area contributed by atoms with Crippen LogP contribution in [0.15, 0.2) is 24.4 Å². The van der Waals surface area contributed by atoms with Crippen LogP contribution in [-0.4, -0.2) is 26.7 Å². The van der Waals surface area contributed by atoms with Crippen LogP contribution >= 0.6 is 0 Å². The second kappa shape index (κ2) is 6.52. The monoisotopic (exact) mass is 275 g/mol. The van der Waals surface area contributed by atoms with Crippen LogP contribution in [0.25, 0.3) is 0 Å². The fraction of sp³-hybridized carbons (Fsp3) is 0.467. The number of hydrogen-bond acceptors (Lipinski definition) is 4. The zero-order chi connectivity index (χ0) is 14.5. The Bertz CT molecular complexity index is 546. The number of aromatic nitrogens is 3. The zero-order valence-electron chi connectivity index (χ0n) is 12.2. The number of benzene rings is 1. The highest BCUT2D eigenvalue weighted by molar-refractivity contribution is 5.32. The molecule has 2 rings (SSSR count). The molecule has 1 aromatic carbocycles. The van der Waals surface area contributed by atoms with Gasteiger partial charge in [0.15, 0.2) is 0 Å². The van der Waals surface area contributed by atoms with Crippen molar-refractivity contribution in [3.63, 3.8) is 0 Å². The Balaban J connectivity index is 1.88. The summed E-state index contributed by atoms with van der Waals surface area (Å²) in [7, 11) is 0. The summed E-state index contributed by atoms with van der Waals surface area (Å²) in [4.78, 5) is 0. The first-order valence-electron chi connectivity index (χ1n) is 6.87. The second-order valence-electron chi connectivity index (χ2n) is 5.00. The summed E-state index contributed by atoms with van der Waals surface area (Å²) >= 11 is 0. The lowest BCUT2D eigenvalue weighted by Gasteiger charge is -2.08. The summed E-state index contributed by atoms with van der Waals surface area (Å²) in [6.07, 6.45) is 1.86. The summed E-state index contributed by atoms with van der Waals surface area (Å²) < 4.78 is 7.41. The van der Waals surface area contributed by atoms with Gasteiger partial charge in [-0.05, 0) is 43.5 Å². The van der Waals surface area contributed by atoms with Crippen molar-refractivity contribution in [2.45, 2.75) is 39.8 Å². The number of aryl methyl sites for hydroxylation is 2. The van der Waals surface area contributed by atoms with E-state index in [0.29, 0.717) is 25.3 Å². The van der Waals surface area contributed by atoms with Crippen molar-refractivity contribution in [1.29, 1.82) is 0 Å². The second-order valence-corrected chi connectivity index (χ2v) is 5.00. The minimum Gasteiger partial charge on any atom is -0.492 e. The standard InChI is InChI=1S/C15H21N3O2/c1-4-15(19)14-10-18(17-16-14)5-6-20-13-8-11(2)7-12(3)9-13/h7-10,15,19H,4-6H2,1-3H3. The van der Waals surface area contributed by atoms with Gasteiger partial charge in [0.25, 0.3) is 0 Å². The van der Waals surface area contributed by atoms with E-state index in [2.05, 4.69) is 30.2 Å². The topological polar surface area (TPSA) is 60.2 Å². The molecule has 1 aromatic heterocycles. The lowest BCUT2D eigenvalue weighted by Crippen LogP contribution is -2.09. The molecule has 0 radical (unpaired) electrons. The van der Waals surface area contributed by atoms with Crippen LogP contribution in [0.5, 0.6) is 5.75 Å². The Morgan fingerprint density at radius 1 is 1.25 bits per heavy atom. The van der Waals surface area contributed by atoms with Gasteiger partial charge in [-0.2, -0.15) is 0 Å². The molecular formula is C15H21N3O2. The normalized spacial score (nSPS) is 12.4. The summed E-state index contributed by atoms with van der Waals surface area (Å²) in [6, 6.07) is 6.14. The maximum absolute atomic E-state index is 9.66. The van der Waals surface area contributed by atoms with Gasteiger partial charge in [0.1, 0.15) is 18.1 Å². The number of aliphatic hydroxyl groups excluding tert-OH is 1. The van der Waals surface area contributed by atoms with Crippen molar-refractivity contribution in [3.8, 4) is 5.75 Å². The quantitative estimate of drug-likeness (QED) is 0.879. The molecule has 2 aromatic rings. The van der Waals surface area contributed by atoms with Crippen molar-refractivity contribution in [2.24, 2.45) is 0 Å². The minimum absolute atomic E-state index is 0.522. The van der Waals surface area contributed by atoms with Crippen LogP contribution < -0.4 is 4.74 Å². The molecule has 1 unspecified atom stereocenters. The van der Waals surface area contributed by atoms with E-state index >= 15 is 0 Å². The van der Waals surface area contributed by atoms with E-state index in [1.807, 2.05) is 19.1 Å². The van der Waals surface area contributed by atoms with Crippen molar-refractivity contribution in [2.75, 3.05) is 6.61 Å². The molecule has 20 heavy (non-hydrogen) atoms. The van der Waals surface area contributed by atoms with Crippen molar-refractivity contribution >= 4 is 0 Å². The Kier molecular flexibility index (Phi) is 4.74. The maximum atomic E-state index is 9.66. The van der Waals surface area contributed by atoms with Crippen LogP contribution in [0, 0.1) is 13.8 Å². The van der Waals surface area contributed by atoms with Gasteiger partial charge in [0.05, 0.1) is 18.8 Å². The first kappa shape index (κ1) is 14.5. The summed E-state index contributed by atoms with van der Waals surface area (Å²) in [6.45, 7) is 7.14. The fourth-order valence-corrected chi connectivity index (χ4v) is 2.06. The number of nitrogens with zero attached hydrogens (tertiary/aromatic N) is 3. The first-order valence-corrected chi connectivity index (χ1v) is 6.87. The molecule has 1 heterocycles. The molecule has 1 N–H and O–H groups in total. The number of rotatable bonds is 6. The molecule has 0 saturated heterocycles. The molecular weight excluding hydrogens is 254 g/mol. The highest BCUT2D eigenvalue weighted by atomic mass is 16.5. The van der Waals surface area contributed by atoms with E-state index in [9.17, 15) is 5.11 Å². The Morgan fingerprint density at radius 2 is 1.95 bits per heavy atom. The molecule has 1 atom stereocenters. The van der Waals surface area contributed by atoms with E-state index in [1.54, 1.807) is 10.9 Å². The number of aliphatic hydroxyl groups is 1. The lowest BCUT2D eigenvalue weighted by atomic mass is 10.1. The molecule has 0 bridgehead atoms. The molecule has 0 amide bonds. The van der Waals surface area contributed by atoms with Gasteiger partial charge in [-0.3, -0.25) is 0 Å².